The molecule has 4 saturated carbocycles. The lowest BCUT2D eigenvalue weighted by Crippen LogP contribution is -2.65. The van der Waals surface area contributed by atoms with Crippen LogP contribution in [0.15, 0.2) is 42.1 Å². The van der Waals surface area contributed by atoms with Crippen molar-refractivity contribution >= 4 is 61.9 Å². The Bertz CT molecular complexity index is 2220. The van der Waals surface area contributed by atoms with Crippen LogP contribution < -0.4 is 15.5 Å². The second-order valence-corrected chi connectivity index (χ2v) is 19.3. The van der Waals surface area contributed by atoms with Gasteiger partial charge in [-0.05, 0) is 106 Å². The van der Waals surface area contributed by atoms with Gasteiger partial charge in [-0.15, -0.1) is 10.2 Å². The SMILES string of the molecule is C/C(NCC12CC3(C)CC(C)(C1)CC(OCCN(CCO)CCO)(C3)C2)=C(/C=N)c1ccc(N2CCCc3c2nnc(Nc2nc4ccccc4s2)c3C)nc1C(=O)O. The molecule has 2 atom stereocenters. The highest BCUT2D eigenvalue weighted by atomic mass is 32.1. The number of aromatic carboxylic acids is 1. The fourth-order valence-electron chi connectivity index (χ4n) is 11.9. The zero-order valence-corrected chi connectivity index (χ0v) is 35.4. The number of hydrogen-bond acceptors (Lipinski definition) is 14. The summed E-state index contributed by atoms with van der Waals surface area (Å²) >= 11 is 1.56. The first-order valence-electron chi connectivity index (χ1n) is 20.8. The number of anilines is 4. The highest BCUT2D eigenvalue weighted by molar-refractivity contribution is 7.22. The predicted octanol–water partition coefficient (Wildman–Crippen LogP) is 6.71. The molecular formula is C44H57N9O5S. The molecule has 0 spiro atoms. The number of para-hydroxylation sites is 1. The standard InChI is InChI=1S/C44H57N9O5S/c1-28-30-8-7-13-53(38(30)51-50-37(28)49-40-47-33-9-5-6-10-34(33)59-40)35-12-11-31(36(48-35)39(56)57)32(20-45)29(2)46-27-43-22-41(3)21-42(4,23-43)25-44(24-41,26-43)58-19-16-52(14-17-54)15-18-55/h5-6,9-12,20,45-46,54-55H,7-8,13-19,21-27H2,1-4H3,(H,56,57)(H,47,49,50)/b32-29+,45-20?. The average Bonchev–Trinajstić information content (AvgIpc) is 3.60. The number of rotatable bonds is 17. The fraction of sp³-hybridized carbons (Fsp3) is 0.545. The van der Waals surface area contributed by atoms with E-state index in [0.29, 0.717) is 67.9 Å². The number of hydrogen-bond donors (Lipinski definition) is 6. The van der Waals surface area contributed by atoms with Gasteiger partial charge in [0.05, 0.1) is 35.6 Å². The number of ether oxygens (including phenoxy) is 1. The van der Waals surface area contributed by atoms with Gasteiger partial charge in [0, 0.05) is 66.9 Å². The average molecular weight is 824 g/mol. The van der Waals surface area contributed by atoms with Gasteiger partial charge in [-0.25, -0.2) is 14.8 Å². The third kappa shape index (κ3) is 8.19. The largest absolute Gasteiger partial charge is 0.476 e. The lowest BCUT2D eigenvalue weighted by Gasteiger charge is -2.69. The van der Waals surface area contributed by atoms with Crippen LogP contribution in [0.25, 0.3) is 15.8 Å². The molecule has 15 heteroatoms. The summed E-state index contributed by atoms with van der Waals surface area (Å²) in [7, 11) is 0. The van der Waals surface area contributed by atoms with Crippen molar-refractivity contribution in [2.24, 2.45) is 16.2 Å². The van der Waals surface area contributed by atoms with Crippen molar-refractivity contribution in [2.75, 3.05) is 62.8 Å². The Morgan fingerprint density at radius 3 is 2.44 bits per heavy atom. The first kappa shape index (κ1) is 41.2. The van der Waals surface area contributed by atoms with Crippen LogP contribution in [-0.2, 0) is 11.2 Å². The predicted molar refractivity (Wildman–Crippen MR) is 231 cm³/mol. The number of aliphatic hydroxyl groups excluding tert-OH is 2. The summed E-state index contributed by atoms with van der Waals surface area (Å²) in [5, 5.41) is 55.0. The lowest BCUT2D eigenvalue weighted by atomic mass is 9.39. The van der Waals surface area contributed by atoms with Crippen LogP contribution >= 0.6 is 11.3 Å². The van der Waals surface area contributed by atoms with Gasteiger partial charge in [0.15, 0.2) is 22.5 Å². The molecular weight excluding hydrogens is 767 g/mol. The molecule has 9 rings (SSSR count). The van der Waals surface area contributed by atoms with E-state index in [4.69, 9.17) is 20.1 Å². The van der Waals surface area contributed by atoms with Gasteiger partial charge in [0.1, 0.15) is 5.82 Å². The van der Waals surface area contributed by atoms with E-state index in [0.717, 1.165) is 77.1 Å². The Labute approximate surface area is 349 Å². The first-order chi connectivity index (χ1) is 28.3. The summed E-state index contributed by atoms with van der Waals surface area (Å²) in [6.07, 6.45) is 9.17. The Morgan fingerprint density at radius 1 is 1.00 bits per heavy atom. The second kappa shape index (κ2) is 16.1. The van der Waals surface area contributed by atoms with Crippen molar-refractivity contribution in [3.05, 3.63) is 64.5 Å². The molecule has 2 unspecified atom stereocenters. The molecule has 1 aromatic carbocycles. The van der Waals surface area contributed by atoms with Gasteiger partial charge in [0.2, 0.25) is 0 Å². The van der Waals surface area contributed by atoms with Gasteiger partial charge in [-0.1, -0.05) is 37.3 Å². The molecule has 0 saturated heterocycles. The maximum absolute atomic E-state index is 12.9. The maximum atomic E-state index is 12.9. The van der Waals surface area contributed by atoms with Crippen molar-refractivity contribution in [2.45, 2.75) is 84.7 Å². The molecule has 0 amide bonds. The molecule has 59 heavy (non-hydrogen) atoms. The number of benzene rings is 1. The minimum absolute atomic E-state index is 0.0230. The summed E-state index contributed by atoms with van der Waals surface area (Å²) in [4.78, 5) is 26.3. The van der Waals surface area contributed by atoms with Crippen molar-refractivity contribution in [1.29, 1.82) is 5.41 Å². The zero-order chi connectivity index (χ0) is 41.6. The van der Waals surface area contributed by atoms with Crippen molar-refractivity contribution in [1.82, 2.24) is 30.4 Å². The number of nitrogens with zero attached hydrogens (tertiary/aromatic N) is 6. The van der Waals surface area contributed by atoms with E-state index in [1.807, 2.05) is 54.0 Å². The molecule has 1 aliphatic heterocycles. The molecule has 5 aliphatic rings. The zero-order valence-electron chi connectivity index (χ0n) is 34.6. The topological polar surface area (TPSA) is 193 Å². The van der Waals surface area contributed by atoms with Crippen LogP contribution in [0.2, 0.25) is 0 Å². The summed E-state index contributed by atoms with van der Waals surface area (Å²) < 4.78 is 7.95. The number of aliphatic hydroxyl groups is 2. The number of pyridine rings is 1. The molecule has 4 aromatic rings. The number of carbonyl (C=O) groups is 1. The Morgan fingerprint density at radius 2 is 1.75 bits per heavy atom. The highest BCUT2D eigenvalue weighted by Gasteiger charge is 2.66. The second-order valence-electron chi connectivity index (χ2n) is 18.3. The van der Waals surface area contributed by atoms with E-state index in [9.17, 15) is 20.1 Å². The van der Waals surface area contributed by atoms with Crippen LogP contribution in [0.1, 0.15) is 92.9 Å². The van der Waals surface area contributed by atoms with Crippen LogP contribution in [0, 0.1) is 28.6 Å². The number of allylic oxidation sites excluding steroid dienone is 2. The number of aromatic nitrogens is 4. The van der Waals surface area contributed by atoms with Gasteiger partial charge < -0.3 is 41.0 Å². The molecule has 6 N–H and O–H groups in total. The monoisotopic (exact) mass is 823 g/mol. The normalized spacial score (nSPS) is 26.3. The quantitative estimate of drug-likeness (QED) is 0.0617. The van der Waals surface area contributed by atoms with Crippen LogP contribution in [0.4, 0.5) is 22.6 Å². The van der Waals surface area contributed by atoms with E-state index in [-0.39, 0.29) is 40.8 Å². The van der Waals surface area contributed by atoms with Crippen molar-refractivity contribution in [3.8, 4) is 0 Å². The third-order valence-corrected chi connectivity index (χ3v) is 14.1. The number of carboxylic acids is 1. The summed E-state index contributed by atoms with van der Waals surface area (Å²) in [5.74, 6) is 0.607. The van der Waals surface area contributed by atoms with Crippen LogP contribution in [0.5, 0.6) is 0 Å². The molecule has 4 aliphatic carbocycles. The summed E-state index contributed by atoms with van der Waals surface area (Å²) in [6, 6.07) is 11.6. The third-order valence-electron chi connectivity index (χ3n) is 13.1. The Kier molecular flexibility index (Phi) is 11.3. The molecule has 14 nitrogen and oxygen atoms in total. The van der Waals surface area contributed by atoms with Gasteiger partial charge >= 0.3 is 5.97 Å². The molecule has 4 bridgehead atoms. The van der Waals surface area contributed by atoms with E-state index >= 15 is 0 Å². The smallest absolute Gasteiger partial charge is 0.355 e. The van der Waals surface area contributed by atoms with Crippen LogP contribution in [0.3, 0.4) is 0 Å². The Balaban J connectivity index is 1.01. The number of thiazole rings is 1. The minimum atomic E-state index is -1.17. The lowest BCUT2D eigenvalue weighted by molar-refractivity contribution is -0.244. The first-order valence-corrected chi connectivity index (χ1v) is 21.7. The molecule has 314 valence electrons. The van der Waals surface area contributed by atoms with E-state index in [1.165, 1.54) is 12.6 Å². The van der Waals surface area contributed by atoms with E-state index in [2.05, 4.69) is 34.7 Å². The van der Waals surface area contributed by atoms with Crippen LogP contribution in [-0.4, -0.2) is 111 Å². The van der Waals surface area contributed by atoms with Crippen molar-refractivity contribution < 1.29 is 24.9 Å². The summed E-state index contributed by atoms with van der Waals surface area (Å²) in [5.41, 5.74) is 4.43. The molecule has 3 aromatic heterocycles. The van der Waals surface area contributed by atoms with Gasteiger partial charge in [-0.2, -0.15) is 0 Å². The fourth-order valence-corrected chi connectivity index (χ4v) is 12.8. The molecule has 4 heterocycles. The number of fused-ring (bicyclic) bond motifs is 2. The number of nitrogens with one attached hydrogen (secondary N) is 3. The van der Waals surface area contributed by atoms with E-state index in [1.54, 1.807) is 17.4 Å². The summed E-state index contributed by atoms with van der Waals surface area (Å²) in [6.45, 7) is 12.4. The molecule has 0 radical (unpaired) electrons. The maximum Gasteiger partial charge on any atom is 0.355 e. The number of carboxylic acid groups (broad SMARTS) is 1. The highest BCUT2D eigenvalue weighted by Crippen LogP contribution is 2.71. The van der Waals surface area contributed by atoms with Crippen molar-refractivity contribution in [3.63, 3.8) is 0 Å². The van der Waals surface area contributed by atoms with E-state index < -0.39 is 5.97 Å². The minimum Gasteiger partial charge on any atom is -0.476 e. The van der Waals surface area contributed by atoms with Gasteiger partial charge in [-0.3, -0.25) is 4.90 Å². The van der Waals surface area contributed by atoms with Gasteiger partial charge in [0.25, 0.3) is 0 Å². The molecule has 4 fully saturated rings. The Hall–Kier alpha value is -4.54.